The van der Waals surface area contributed by atoms with E-state index in [1.54, 1.807) is 0 Å². The first-order valence-corrected chi connectivity index (χ1v) is 11.5. The molecular formula is C14H34Ba2O7P2. The molecule has 4 atom stereocenters. The van der Waals surface area contributed by atoms with Gasteiger partial charge in [0.25, 0.3) is 0 Å². The maximum Gasteiger partial charge on any atom is 2.00 e. The summed E-state index contributed by atoms with van der Waals surface area (Å²) < 4.78 is 43.0. The van der Waals surface area contributed by atoms with Crippen LogP contribution in [0.25, 0.3) is 0 Å². The molecule has 0 bridgehead atoms. The summed E-state index contributed by atoms with van der Waals surface area (Å²) in [4.78, 5) is 8.95. The Kier molecular flexibility index (Phi) is 27.8. The van der Waals surface area contributed by atoms with Crippen molar-refractivity contribution in [2.75, 3.05) is 26.5 Å². The Bertz CT molecular complexity index is 402. The van der Waals surface area contributed by atoms with Crippen LogP contribution >= 0.6 is 15.2 Å². The van der Waals surface area contributed by atoms with Crippen LogP contribution in [-0.2, 0) is 27.4 Å². The summed E-state index contributed by atoms with van der Waals surface area (Å²) in [6.45, 7) is 17.2. The quantitative estimate of drug-likeness (QED) is 0.220. The fourth-order valence-electron chi connectivity index (χ4n) is 1.20. The van der Waals surface area contributed by atoms with E-state index >= 15 is 0 Å². The zero-order valence-corrected chi connectivity index (χ0v) is 27.1. The molecule has 0 aliphatic heterocycles. The normalized spacial score (nSPS) is 17.7. The van der Waals surface area contributed by atoms with E-state index in [1.807, 2.05) is 13.8 Å². The molecule has 1 N–H and O–H groups in total. The van der Waals surface area contributed by atoms with Crippen LogP contribution in [0.2, 0.25) is 0 Å². The van der Waals surface area contributed by atoms with Crippen LogP contribution < -0.4 is 0 Å². The minimum Gasteiger partial charge on any atom is -1.00 e. The Labute approximate surface area is 237 Å². The smallest absolute Gasteiger partial charge is 1.00 e. The summed E-state index contributed by atoms with van der Waals surface area (Å²) >= 11 is 0. The van der Waals surface area contributed by atoms with Gasteiger partial charge in [0.2, 0.25) is 0 Å². The minimum absolute atomic E-state index is 0. The van der Waals surface area contributed by atoms with Crippen molar-refractivity contribution in [3.05, 3.63) is 13.8 Å². The third-order valence-electron chi connectivity index (χ3n) is 1.80. The Morgan fingerprint density at radius 2 is 1.40 bits per heavy atom. The predicted octanol–water partition coefficient (Wildman–Crippen LogP) is 3.38. The van der Waals surface area contributed by atoms with Gasteiger partial charge in [0.1, 0.15) is 0 Å². The zero-order chi connectivity index (χ0) is 18.7. The molecule has 7 nitrogen and oxygen atoms in total. The van der Waals surface area contributed by atoms with Gasteiger partial charge in [-0.3, -0.25) is 9.13 Å². The van der Waals surface area contributed by atoms with E-state index in [2.05, 4.69) is 32.2 Å². The van der Waals surface area contributed by atoms with E-state index in [0.29, 0.717) is 0 Å². The van der Waals surface area contributed by atoms with Gasteiger partial charge in [0.05, 0.1) is 13.2 Å². The first kappa shape index (κ1) is 35.8. The van der Waals surface area contributed by atoms with E-state index in [4.69, 9.17) is 18.7 Å². The fourth-order valence-corrected chi connectivity index (χ4v) is 2.74. The summed E-state index contributed by atoms with van der Waals surface area (Å²) in [7, 11) is -6.97. The van der Waals surface area contributed by atoms with Crippen LogP contribution in [0.4, 0.5) is 0 Å². The van der Waals surface area contributed by atoms with Gasteiger partial charge in [-0.05, 0) is 26.1 Å². The van der Waals surface area contributed by atoms with Crippen LogP contribution in [0.15, 0.2) is 0 Å². The second kappa shape index (κ2) is 19.4. The van der Waals surface area contributed by atoms with Gasteiger partial charge in [0, 0.05) is 19.4 Å². The van der Waals surface area contributed by atoms with Crippen LogP contribution in [0, 0.1) is 13.8 Å². The van der Waals surface area contributed by atoms with Crippen molar-refractivity contribution in [1.82, 2.24) is 0 Å². The Balaban J connectivity index is -0.000000147. The van der Waals surface area contributed by atoms with Gasteiger partial charge in [-0.1, -0.05) is 20.3 Å². The number of hydrogen-bond acceptors (Lipinski definition) is 6. The largest absolute Gasteiger partial charge is 2.00 e. The molecule has 11 heteroatoms. The Morgan fingerprint density at radius 1 is 1.00 bits per heavy atom. The van der Waals surface area contributed by atoms with Gasteiger partial charge >= 0.3 is 113 Å². The Morgan fingerprint density at radius 3 is 1.76 bits per heavy atom. The van der Waals surface area contributed by atoms with Gasteiger partial charge < -0.3 is 39.9 Å². The molecule has 0 radical (unpaired) electrons. The van der Waals surface area contributed by atoms with E-state index in [-0.39, 0.29) is 120 Å². The van der Waals surface area contributed by atoms with Crippen LogP contribution in [0.3, 0.4) is 0 Å². The third kappa shape index (κ3) is 29.7. The molecule has 0 rings (SSSR count). The van der Waals surface area contributed by atoms with E-state index in [0.717, 1.165) is 6.66 Å². The van der Waals surface area contributed by atoms with Crippen molar-refractivity contribution in [3.63, 3.8) is 0 Å². The predicted molar refractivity (Wildman–Crippen MR) is 106 cm³/mol. The van der Waals surface area contributed by atoms with E-state index < -0.39 is 27.4 Å². The summed E-state index contributed by atoms with van der Waals surface area (Å²) in [5.41, 5.74) is 0. The second-order valence-electron chi connectivity index (χ2n) is 5.41. The standard InChI is InChI=1S/C11H24O7P2.C3H8.2Ba.2H/c1-9(2)17-10(3)7-16-20(6,14)18-11(4)8-15-19(5,12)13;1-3-2;;;;/h9-11H,3-4,7-8H2,1-2,5-6H3,(H,12,13);3H2,1-2H3;;;;/q-2;;2*+2;2*-1. The third-order valence-corrected chi connectivity index (χ3v) is 3.73. The molecule has 0 fully saturated rings. The summed E-state index contributed by atoms with van der Waals surface area (Å²) in [6, 6.07) is 0. The molecule has 25 heavy (non-hydrogen) atoms. The van der Waals surface area contributed by atoms with Crippen molar-refractivity contribution in [2.24, 2.45) is 0 Å². The molecule has 0 aromatic carbocycles. The van der Waals surface area contributed by atoms with Gasteiger partial charge in [0.15, 0.2) is 0 Å². The summed E-state index contributed by atoms with van der Waals surface area (Å²) in [5.74, 6) is 0. The first-order valence-electron chi connectivity index (χ1n) is 7.49. The Hall–Kier alpha value is 3.40. The van der Waals surface area contributed by atoms with Gasteiger partial charge in [-0.15, -0.1) is 0 Å². The zero-order valence-electron chi connectivity index (χ0n) is 18.5. The molecule has 0 saturated heterocycles. The maximum atomic E-state index is 12.0. The molecular weight excluding hydrogens is 617 g/mol. The van der Waals surface area contributed by atoms with Crippen molar-refractivity contribution >= 4 is 113 Å². The molecule has 0 aliphatic rings. The molecule has 0 aromatic rings. The van der Waals surface area contributed by atoms with Crippen molar-refractivity contribution in [1.29, 1.82) is 0 Å². The fraction of sp³-hybridized carbons (Fsp3) is 0.857. The second-order valence-corrected chi connectivity index (χ2v) is 9.28. The number of rotatable bonds is 10. The van der Waals surface area contributed by atoms with Gasteiger partial charge in [-0.2, -0.15) is 0 Å². The number of ether oxygens (including phenoxy) is 1. The summed E-state index contributed by atoms with van der Waals surface area (Å²) in [6.07, 6.45) is -0.129. The SMILES string of the molecule is CCC.[Ba+2].[Ba+2].[CH2-]C(COP(C)(=O)OC([CH2-])COP(C)(=O)O)OC(C)C.[H-].[H-]. The first-order chi connectivity index (χ1) is 10.3. The van der Waals surface area contributed by atoms with E-state index in [9.17, 15) is 9.13 Å². The molecule has 0 aromatic heterocycles. The van der Waals surface area contributed by atoms with Gasteiger partial charge in [-0.25, -0.2) is 0 Å². The summed E-state index contributed by atoms with van der Waals surface area (Å²) in [5, 5.41) is 0. The van der Waals surface area contributed by atoms with Crippen LogP contribution in [0.1, 0.15) is 37.0 Å². The average Bonchev–Trinajstić information content (AvgIpc) is 2.33. The molecule has 0 heterocycles. The van der Waals surface area contributed by atoms with Crippen molar-refractivity contribution in [3.8, 4) is 0 Å². The molecule has 0 amide bonds. The monoisotopic (exact) mass is 652 g/mol. The molecule has 0 saturated carbocycles. The van der Waals surface area contributed by atoms with Crippen LogP contribution in [-0.4, -0.2) is 148 Å². The van der Waals surface area contributed by atoms with Crippen molar-refractivity contribution < 1.29 is 35.2 Å². The van der Waals surface area contributed by atoms with Crippen LogP contribution in [0.5, 0.6) is 0 Å². The topological polar surface area (TPSA) is 91.3 Å². The van der Waals surface area contributed by atoms with E-state index in [1.165, 1.54) is 13.1 Å². The molecule has 4 unspecified atom stereocenters. The molecule has 0 spiro atoms. The molecule has 0 aliphatic carbocycles. The molecule has 146 valence electrons. The maximum absolute atomic E-state index is 12.0. The minimum atomic E-state index is -3.61. The van der Waals surface area contributed by atoms with Crippen molar-refractivity contribution in [2.45, 2.75) is 52.4 Å². The number of hydrogen-bond donors (Lipinski definition) is 1. The average molecular weight is 651 g/mol.